The highest BCUT2D eigenvalue weighted by atomic mass is 32.2. The molecule has 0 heterocycles. The number of sulfone groups is 1. The van der Waals surface area contributed by atoms with Crippen molar-refractivity contribution in [3.63, 3.8) is 0 Å². The van der Waals surface area contributed by atoms with Crippen LogP contribution < -0.4 is 20.1 Å². The summed E-state index contributed by atoms with van der Waals surface area (Å²) in [4.78, 5) is 4.77. The molecular formula is C22H31N3O4S. The fourth-order valence-electron chi connectivity index (χ4n) is 2.88. The number of rotatable bonds is 10. The first-order chi connectivity index (χ1) is 14.4. The van der Waals surface area contributed by atoms with Gasteiger partial charge in [-0.2, -0.15) is 0 Å². The second-order valence-electron chi connectivity index (χ2n) is 6.59. The van der Waals surface area contributed by atoms with Gasteiger partial charge in [0.2, 0.25) is 0 Å². The number of anilines is 1. The molecule has 0 radical (unpaired) electrons. The molecule has 0 fully saturated rings. The van der Waals surface area contributed by atoms with Crippen molar-refractivity contribution in [3.8, 4) is 11.5 Å². The summed E-state index contributed by atoms with van der Waals surface area (Å²) in [5.41, 5.74) is 0.760. The van der Waals surface area contributed by atoms with E-state index < -0.39 is 9.84 Å². The second-order valence-corrected chi connectivity index (χ2v) is 8.62. The summed E-state index contributed by atoms with van der Waals surface area (Å²) in [6.07, 6.45) is 0.628. The van der Waals surface area contributed by atoms with E-state index in [9.17, 15) is 8.42 Å². The van der Waals surface area contributed by atoms with Gasteiger partial charge in [0.15, 0.2) is 27.3 Å². The van der Waals surface area contributed by atoms with Crippen LogP contribution >= 0.6 is 0 Å². The topological polar surface area (TPSA) is 89.0 Å². The third-order valence-corrected chi connectivity index (χ3v) is 6.23. The van der Waals surface area contributed by atoms with E-state index in [0.717, 1.165) is 5.69 Å². The van der Waals surface area contributed by atoms with Crippen LogP contribution in [0.25, 0.3) is 0 Å². The van der Waals surface area contributed by atoms with Crippen LogP contribution in [0.2, 0.25) is 0 Å². The molecule has 0 aliphatic carbocycles. The molecule has 0 aliphatic heterocycles. The summed E-state index contributed by atoms with van der Waals surface area (Å²) in [6, 6.07) is 13.7. The van der Waals surface area contributed by atoms with Crippen molar-refractivity contribution in [2.75, 3.05) is 31.3 Å². The first-order valence-corrected chi connectivity index (χ1v) is 11.7. The Morgan fingerprint density at radius 3 is 2.40 bits per heavy atom. The van der Waals surface area contributed by atoms with E-state index in [1.165, 1.54) is 0 Å². The average Bonchev–Trinajstić information content (AvgIpc) is 2.75. The van der Waals surface area contributed by atoms with E-state index >= 15 is 0 Å². The van der Waals surface area contributed by atoms with Crippen LogP contribution in [0, 0.1) is 0 Å². The third kappa shape index (κ3) is 6.66. The van der Waals surface area contributed by atoms with Gasteiger partial charge >= 0.3 is 0 Å². The van der Waals surface area contributed by atoms with Gasteiger partial charge in [-0.1, -0.05) is 25.1 Å². The van der Waals surface area contributed by atoms with Crippen LogP contribution in [0.15, 0.2) is 58.4 Å². The van der Waals surface area contributed by atoms with E-state index in [0.29, 0.717) is 41.9 Å². The molecule has 8 heteroatoms. The van der Waals surface area contributed by atoms with Gasteiger partial charge < -0.3 is 20.1 Å². The maximum atomic E-state index is 12.8. The second kappa shape index (κ2) is 11.4. The van der Waals surface area contributed by atoms with Gasteiger partial charge in [-0.05, 0) is 44.5 Å². The Hall–Kier alpha value is -2.74. The van der Waals surface area contributed by atoms with E-state index in [-0.39, 0.29) is 11.8 Å². The number of hydrogen-bond acceptors (Lipinski definition) is 5. The normalized spacial score (nSPS) is 12.9. The van der Waals surface area contributed by atoms with Crippen molar-refractivity contribution in [3.05, 3.63) is 48.5 Å². The summed E-state index contributed by atoms with van der Waals surface area (Å²) in [7, 11) is -1.82. The van der Waals surface area contributed by atoms with Gasteiger partial charge in [0.1, 0.15) is 0 Å². The van der Waals surface area contributed by atoms with Crippen LogP contribution in [-0.4, -0.2) is 46.4 Å². The molecule has 0 spiro atoms. The van der Waals surface area contributed by atoms with Crippen molar-refractivity contribution in [2.24, 2.45) is 4.99 Å². The van der Waals surface area contributed by atoms with Gasteiger partial charge in [-0.15, -0.1) is 0 Å². The van der Waals surface area contributed by atoms with Crippen molar-refractivity contribution in [1.82, 2.24) is 5.32 Å². The Morgan fingerprint density at radius 1 is 1.07 bits per heavy atom. The minimum atomic E-state index is -3.41. The number of nitrogens with one attached hydrogen (secondary N) is 2. The largest absolute Gasteiger partial charge is 0.493 e. The zero-order chi connectivity index (χ0) is 22.0. The van der Waals surface area contributed by atoms with Gasteiger partial charge in [0.05, 0.1) is 24.4 Å². The maximum absolute atomic E-state index is 12.8. The molecule has 30 heavy (non-hydrogen) atoms. The van der Waals surface area contributed by atoms with Gasteiger partial charge in [0.25, 0.3) is 0 Å². The predicted molar refractivity (Wildman–Crippen MR) is 121 cm³/mol. The predicted octanol–water partition coefficient (Wildman–Crippen LogP) is 3.72. The summed E-state index contributed by atoms with van der Waals surface area (Å²) in [6.45, 7) is 6.87. The molecule has 7 nitrogen and oxygen atoms in total. The maximum Gasteiger partial charge on any atom is 0.196 e. The summed E-state index contributed by atoms with van der Waals surface area (Å²) >= 11 is 0. The Kier molecular flexibility index (Phi) is 8.98. The lowest BCUT2D eigenvalue weighted by Crippen LogP contribution is -2.42. The average molecular weight is 434 g/mol. The van der Waals surface area contributed by atoms with Crippen molar-refractivity contribution < 1.29 is 17.9 Å². The molecule has 0 aliphatic rings. The fourth-order valence-corrected chi connectivity index (χ4v) is 4.49. The quantitative estimate of drug-likeness (QED) is 0.438. The SMILES string of the molecule is CCN=C(Nc1ccc(OCC)c(OC)c1)NC(CC)CS(=O)(=O)c1ccccc1. The molecule has 2 N–H and O–H groups in total. The van der Waals surface area contributed by atoms with Crippen LogP contribution in [0.5, 0.6) is 11.5 Å². The zero-order valence-corrected chi connectivity index (χ0v) is 18.8. The summed E-state index contributed by atoms with van der Waals surface area (Å²) in [5, 5.41) is 6.47. The number of hydrogen-bond donors (Lipinski definition) is 2. The lowest BCUT2D eigenvalue weighted by Gasteiger charge is -2.21. The molecule has 2 rings (SSSR count). The van der Waals surface area contributed by atoms with Gasteiger partial charge in [-0.3, -0.25) is 4.99 Å². The Morgan fingerprint density at radius 2 is 1.80 bits per heavy atom. The first kappa shape index (κ1) is 23.5. The van der Waals surface area contributed by atoms with E-state index in [2.05, 4.69) is 15.6 Å². The van der Waals surface area contributed by atoms with Crippen LogP contribution in [0.1, 0.15) is 27.2 Å². The number of nitrogens with zero attached hydrogens (tertiary/aromatic N) is 1. The smallest absolute Gasteiger partial charge is 0.196 e. The van der Waals surface area contributed by atoms with Crippen LogP contribution in [-0.2, 0) is 9.84 Å². The Labute approximate surface area is 179 Å². The Balaban J connectivity index is 2.15. The molecule has 2 aromatic carbocycles. The van der Waals surface area contributed by atoms with E-state index in [1.54, 1.807) is 37.4 Å². The number of aliphatic imine (C=N–C) groups is 1. The van der Waals surface area contributed by atoms with Crippen molar-refractivity contribution in [1.29, 1.82) is 0 Å². The molecular weight excluding hydrogens is 402 g/mol. The van der Waals surface area contributed by atoms with E-state index in [4.69, 9.17) is 9.47 Å². The Bertz CT molecular complexity index is 931. The number of ether oxygens (including phenoxy) is 2. The number of benzene rings is 2. The summed E-state index contributed by atoms with van der Waals surface area (Å²) in [5.74, 6) is 1.76. The highest BCUT2D eigenvalue weighted by Gasteiger charge is 2.21. The lowest BCUT2D eigenvalue weighted by molar-refractivity contribution is 0.311. The highest BCUT2D eigenvalue weighted by molar-refractivity contribution is 7.91. The highest BCUT2D eigenvalue weighted by Crippen LogP contribution is 2.30. The fraction of sp³-hybridized carbons (Fsp3) is 0.409. The molecule has 0 saturated heterocycles. The molecule has 1 unspecified atom stereocenters. The molecule has 0 aromatic heterocycles. The van der Waals surface area contributed by atoms with E-state index in [1.807, 2.05) is 39.0 Å². The summed E-state index contributed by atoms with van der Waals surface area (Å²) < 4.78 is 36.4. The number of methoxy groups -OCH3 is 1. The standard InChI is InChI=1S/C22H31N3O4S/c1-5-17(16-30(26,27)19-11-9-8-10-12-19)24-22(23-6-2)25-18-13-14-20(29-7-3)21(15-18)28-4/h8-15,17H,5-7,16H2,1-4H3,(H2,23,24,25). The minimum Gasteiger partial charge on any atom is -0.493 e. The molecule has 2 aromatic rings. The molecule has 0 saturated carbocycles. The van der Waals surface area contributed by atoms with Gasteiger partial charge in [0, 0.05) is 24.3 Å². The molecule has 164 valence electrons. The number of guanidine groups is 1. The molecule has 0 bridgehead atoms. The van der Waals surface area contributed by atoms with Crippen LogP contribution in [0.3, 0.4) is 0 Å². The van der Waals surface area contributed by atoms with Crippen molar-refractivity contribution in [2.45, 2.75) is 38.1 Å². The lowest BCUT2D eigenvalue weighted by atomic mass is 10.2. The molecule has 1 atom stereocenters. The monoisotopic (exact) mass is 433 g/mol. The third-order valence-electron chi connectivity index (χ3n) is 4.40. The zero-order valence-electron chi connectivity index (χ0n) is 18.0. The van der Waals surface area contributed by atoms with Gasteiger partial charge in [-0.25, -0.2) is 8.42 Å². The van der Waals surface area contributed by atoms with Crippen molar-refractivity contribution >= 4 is 21.5 Å². The minimum absolute atomic E-state index is 0.0233. The first-order valence-electron chi connectivity index (χ1n) is 10.1. The van der Waals surface area contributed by atoms with Crippen LogP contribution in [0.4, 0.5) is 5.69 Å². The molecule has 0 amide bonds.